The zero-order valence-electron chi connectivity index (χ0n) is 14.1. The lowest BCUT2D eigenvalue weighted by atomic mass is 10.1. The second kappa shape index (κ2) is 6.15. The third kappa shape index (κ3) is 2.47. The SMILES string of the molecule is COC(=O)[C@H]1Cc2ccccc2N1C(=O)c1cc2ccccc2[nH]c1=O. The Morgan fingerprint density at radius 3 is 2.65 bits per heavy atom. The monoisotopic (exact) mass is 348 g/mol. The summed E-state index contributed by atoms with van der Waals surface area (Å²) in [6, 6.07) is 15.3. The summed E-state index contributed by atoms with van der Waals surface area (Å²) in [5.41, 5.74) is 1.66. The Hall–Kier alpha value is -3.41. The maximum Gasteiger partial charge on any atom is 0.329 e. The predicted molar refractivity (Wildman–Crippen MR) is 97.3 cm³/mol. The standard InChI is InChI=1S/C20H16N2O4/c1-26-20(25)17-11-13-7-3-5-9-16(13)22(17)19(24)14-10-12-6-2-4-8-15(12)21-18(14)23/h2-10,17H,11H2,1H3,(H,21,23)/t17-/m1/s1. The summed E-state index contributed by atoms with van der Waals surface area (Å²) >= 11 is 0. The van der Waals surface area contributed by atoms with Crippen molar-refractivity contribution < 1.29 is 14.3 Å². The van der Waals surface area contributed by atoms with Crippen LogP contribution in [-0.2, 0) is 16.0 Å². The third-order valence-electron chi connectivity index (χ3n) is 4.65. The molecule has 6 nitrogen and oxygen atoms in total. The Morgan fingerprint density at radius 1 is 1.12 bits per heavy atom. The number of carbonyl (C=O) groups excluding carboxylic acids is 2. The lowest BCUT2D eigenvalue weighted by molar-refractivity contribution is -0.141. The molecule has 1 aliphatic rings. The quantitative estimate of drug-likeness (QED) is 0.721. The molecule has 2 aromatic carbocycles. The molecule has 0 bridgehead atoms. The average molecular weight is 348 g/mol. The van der Waals surface area contributed by atoms with Gasteiger partial charge in [0.1, 0.15) is 11.6 Å². The minimum atomic E-state index is -0.782. The molecule has 1 aliphatic heterocycles. The number of esters is 1. The van der Waals surface area contributed by atoms with Gasteiger partial charge in [-0.15, -0.1) is 0 Å². The molecule has 130 valence electrons. The van der Waals surface area contributed by atoms with Crippen molar-refractivity contribution in [1.82, 2.24) is 4.98 Å². The number of benzene rings is 2. The van der Waals surface area contributed by atoms with Crippen molar-refractivity contribution in [2.24, 2.45) is 0 Å². The first-order valence-electron chi connectivity index (χ1n) is 8.21. The first kappa shape index (κ1) is 16.1. The number of methoxy groups -OCH3 is 1. The second-order valence-corrected chi connectivity index (χ2v) is 6.15. The van der Waals surface area contributed by atoms with Crippen molar-refractivity contribution in [3.8, 4) is 0 Å². The molecule has 26 heavy (non-hydrogen) atoms. The van der Waals surface area contributed by atoms with Gasteiger partial charge in [-0.3, -0.25) is 14.5 Å². The summed E-state index contributed by atoms with van der Waals surface area (Å²) in [6.45, 7) is 0. The van der Waals surface area contributed by atoms with Crippen LogP contribution in [0.4, 0.5) is 5.69 Å². The number of anilines is 1. The molecule has 0 saturated heterocycles. The first-order valence-corrected chi connectivity index (χ1v) is 8.21. The van der Waals surface area contributed by atoms with Gasteiger partial charge < -0.3 is 9.72 Å². The smallest absolute Gasteiger partial charge is 0.329 e. The van der Waals surface area contributed by atoms with E-state index < -0.39 is 23.5 Å². The number of hydrogen-bond acceptors (Lipinski definition) is 4. The van der Waals surface area contributed by atoms with Crippen molar-refractivity contribution in [3.05, 3.63) is 76.1 Å². The number of ether oxygens (including phenoxy) is 1. The van der Waals surface area contributed by atoms with Crippen molar-refractivity contribution in [2.45, 2.75) is 12.5 Å². The van der Waals surface area contributed by atoms with Crippen LogP contribution in [0, 0.1) is 0 Å². The number of para-hydroxylation sites is 2. The molecule has 1 atom stereocenters. The zero-order chi connectivity index (χ0) is 18.3. The summed E-state index contributed by atoms with van der Waals surface area (Å²) in [4.78, 5) is 42.0. The highest BCUT2D eigenvalue weighted by atomic mass is 16.5. The van der Waals surface area contributed by atoms with Crippen LogP contribution in [0.2, 0.25) is 0 Å². The molecule has 1 amide bonds. The van der Waals surface area contributed by atoms with Crippen molar-refractivity contribution >= 4 is 28.5 Å². The van der Waals surface area contributed by atoms with Crippen LogP contribution in [0.1, 0.15) is 15.9 Å². The van der Waals surface area contributed by atoms with Crippen molar-refractivity contribution in [1.29, 1.82) is 0 Å². The molecule has 0 unspecified atom stereocenters. The number of nitrogens with one attached hydrogen (secondary N) is 1. The minimum absolute atomic E-state index is 0.00527. The van der Waals surface area contributed by atoms with E-state index in [1.54, 1.807) is 24.3 Å². The Morgan fingerprint density at radius 2 is 1.85 bits per heavy atom. The van der Waals surface area contributed by atoms with Gasteiger partial charge in [0.2, 0.25) is 0 Å². The van der Waals surface area contributed by atoms with Gasteiger partial charge in [-0.2, -0.15) is 0 Å². The molecule has 0 saturated carbocycles. The van der Waals surface area contributed by atoms with Crippen LogP contribution < -0.4 is 10.5 Å². The molecule has 0 fully saturated rings. The van der Waals surface area contributed by atoms with Crippen LogP contribution in [0.3, 0.4) is 0 Å². The molecule has 3 aromatic rings. The highest BCUT2D eigenvalue weighted by Crippen LogP contribution is 2.33. The van der Waals surface area contributed by atoms with Gasteiger partial charge in [-0.1, -0.05) is 36.4 Å². The Bertz CT molecular complexity index is 1090. The fourth-order valence-electron chi connectivity index (χ4n) is 3.40. The topological polar surface area (TPSA) is 79.5 Å². The maximum absolute atomic E-state index is 13.2. The average Bonchev–Trinajstić information content (AvgIpc) is 3.05. The molecule has 0 spiro atoms. The number of aromatic amines is 1. The summed E-state index contributed by atoms with van der Waals surface area (Å²) in [6.07, 6.45) is 0.361. The van der Waals surface area contributed by atoms with E-state index in [2.05, 4.69) is 4.98 Å². The van der Waals surface area contributed by atoms with E-state index in [9.17, 15) is 14.4 Å². The molecule has 2 heterocycles. The van der Waals surface area contributed by atoms with E-state index in [-0.39, 0.29) is 5.56 Å². The fraction of sp³-hybridized carbons (Fsp3) is 0.150. The summed E-state index contributed by atoms with van der Waals surface area (Å²) < 4.78 is 4.86. The molecule has 1 N–H and O–H groups in total. The van der Waals surface area contributed by atoms with Gasteiger partial charge in [0.25, 0.3) is 11.5 Å². The van der Waals surface area contributed by atoms with Gasteiger partial charge in [0.15, 0.2) is 0 Å². The number of fused-ring (bicyclic) bond motifs is 2. The molecular weight excluding hydrogens is 332 g/mol. The minimum Gasteiger partial charge on any atom is -0.467 e. The number of carbonyl (C=O) groups is 2. The number of H-pyrrole nitrogens is 1. The fourth-order valence-corrected chi connectivity index (χ4v) is 3.40. The Labute approximate surface area is 149 Å². The summed E-state index contributed by atoms with van der Waals surface area (Å²) in [5, 5.41) is 0.748. The lowest BCUT2D eigenvalue weighted by Crippen LogP contribution is -2.45. The number of hydrogen-bond donors (Lipinski definition) is 1. The molecule has 6 heteroatoms. The highest BCUT2D eigenvalue weighted by molar-refractivity contribution is 6.11. The Kier molecular flexibility index (Phi) is 3.80. The summed E-state index contributed by atoms with van der Waals surface area (Å²) in [7, 11) is 1.29. The predicted octanol–water partition coefficient (Wildman–Crippen LogP) is 2.27. The second-order valence-electron chi connectivity index (χ2n) is 6.15. The van der Waals surface area contributed by atoms with Crippen LogP contribution in [-0.4, -0.2) is 30.0 Å². The normalized spacial score (nSPS) is 15.7. The van der Waals surface area contributed by atoms with Crippen LogP contribution >= 0.6 is 0 Å². The molecule has 0 aliphatic carbocycles. The van der Waals surface area contributed by atoms with E-state index in [0.29, 0.717) is 17.6 Å². The number of nitrogens with zero attached hydrogens (tertiary/aromatic N) is 1. The third-order valence-corrected chi connectivity index (χ3v) is 4.65. The van der Waals surface area contributed by atoms with E-state index in [0.717, 1.165) is 10.9 Å². The van der Waals surface area contributed by atoms with Crippen molar-refractivity contribution in [2.75, 3.05) is 12.0 Å². The van der Waals surface area contributed by atoms with Gasteiger partial charge in [-0.25, -0.2) is 4.79 Å². The number of aromatic nitrogens is 1. The number of amides is 1. The van der Waals surface area contributed by atoms with Crippen LogP contribution in [0.15, 0.2) is 59.4 Å². The first-order chi connectivity index (χ1) is 12.6. The van der Waals surface area contributed by atoms with Gasteiger partial charge in [0, 0.05) is 17.6 Å². The Balaban J connectivity index is 1.84. The number of pyridine rings is 1. The van der Waals surface area contributed by atoms with Crippen molar-refractivity contribution in [3.63, 3.8) is 0 Å². The van der Waals surface area contributed by atoms with E-state index >= 15 is 0 Å². The maximum atomic E-state index is 13.2. The largest absolute Gasteiger partial charge is 0.467 e. The number of rotatable bonds is 2. The van der Waals surface area contributed by atoms with Gasteiger partial charge in [0.05, 0.1) is 7.11 Å². The lowest BCUT2D eigenvalue weighted by Gasteiger charge is -2.23. The van der Waals surface area contributed by atoms with E-state index in [4.69, 9.17) is 4.74 Å². The van der Waals surface area contributed by atoms with Crippen LogP contribution in [0.5, 0.6) is 0 Å². The zero-order valence-corrected chi connectivity index (χ0v) is 14.1. The van der Waals surface area contributed by atoms with Gasteiger partial charge >= 0.3 is 5.97 Å². The van der Waals surface area contributed by atoms with Gasteiger partial charge in [-0.05, 0) is 29.1 Å². The highest BCUT2D eigenvalue weighted by Gasteiger charge is 2.40. The molecular formula is C20H16N2O4. The molecule has 1 aromatic heterocycles. The summed E-state index contributed by atoms with van der Waals surface area (Å²) in [5.74, 6) is -1.02. The van der Waals surface area contributed by atoms with E-state index in [1.807, 2.05) is 30.3 Å². The molecule has 0 radical (unpaired) electrons. The van der Waals surface area contributed by atoms with Crippen LogP contribution in [0.25, 0.3) is 10.9 Å². The molecule has 4 rings (SSSR count). The van der Waals surface area contributed by atoms with E-state index in [1.165, 1.54) is 12.0 Å².